The third-order valence-electron chi connectivity index (χ3n) is 10.6. The van der Waals surface area contributed by atoms with Gasteiger partial charge in [-0.05, 0) is 43.4 Å². The van der Waals surface area contributed by atoms with Crippen molar-refractivity contribution in [2.75, 3.05) is 46.1 Å². The van der Waals surface area contributed by atoms with Gasteiger partial charge >= 0.3 is 17.9 Å². The fraction of sp³-hybridized carbons (Fsp3) is 0.535. The van der Waals surface area contributed by atoms with Crippen LogP contribution in [0.25, 0.3) is 0 Å². The number of aliphatic hydroxyl groups excluding tert-OH is 4. The number of phenolic OH excluding ortho intramolecular Hbond substituents is 1. The van der Waals surface area contributed by atoms with E-state index in [0.29, 0.717) is 5.56 Å². The van der Waals surface area contributed by atoms with Crippen molar-refractivity contribution in [1.82, 2.24) is 47.9 Å². The average Bonchev–Trinajstić information content (AvgIpc) is 3.38. The van der Waals surface area contributed by atoms with Gasteiger partial charge in [0, 0.05) is 19.5 Å². The molecule has 1 aromatic carbocycles. The van der Waals surface area contributed by atoms with Crippen LogP contribution in [0.5, 0.6) is 5.75 Å². The summed E-state index contributed by atoms with van der Waals surface area (Å²) in [6.45, 7) is -5.67. The number of carbonyl (C=O) groups excluding carboxylic acids is 9. The van der Waals surface area contributed by atoms with Crippen molar-refractivity contribution in [3.8, 4) is 5.75 Å². The fourth-order valence-corrected chi connectivity index (χ4v) is 6.48. The molecule has 0 heterocycles. The molecule has 0 saturated carbocycles. The predicted molar refractivity (Wildman–Crippen MR) is 269 cm³/mol. The molecule has 36 heteroatoms. The summed E-state index contributed by atoms with van der Waals surface area (Å²) in [5.74, 6) is -16.9. The lowest BCUT2D eigenvalue weighted by molar-refractivity contribution is -0.144. The maximum Gasteiger partial charge on any atom is 0.328 e. The number of aliphatic carboxylic acids is 3. The first kappa shape index (κ1) is 68.0. The van der Waals surface area contributed by atoms with Crippen LogP contribution in [0.15, 0.2) is 34.3 Å². The van der Waals surface area contributed by atoms with E-state index in [9.17, 15) is 93.3 Å². The van der Waals surface area contributed by atoms with Crippen molar-refractivity contribution < 1.29 is 98.4 Å². The Balaban J connectivity index is 3.20. The highest BCUT2D eigenvalue weighted by Gasteiger charge is 2.35. The monoisotopic (exact) mass is 1130 g/mol. The van der Waals surface area contributed by atoms with Crippen molar-refractivity contribution in [3.63, 3.8) is 0 Å². The summed E-state index contributed by atoms with van der Waals surface area (Å²) in [5, 5.41) is 95.3. The predicted octanol–water partition coefficient (Wildman–Crippen LogP) is -11.6. The van der Waals surface area contributed by atoms with Crippen molar-refractivity contribution in [2.24, 2.45) is 38.7 Å². The maximum atomic E-state index is 13.8. The average molecular weight is 1130 g/mol. The minimum absolute atomic E-state index is 0.0215. The highest BCUT2D eigenvalue weighted by atomic mass is 16.4. The van der Waals surface area contributed by atoms with Crippen LogP contribution in [0.3, 0.4) is 0 Å². The smallest absolute Gasteiger partial charge is 0.328 e. The van der Waals surface area contributed by atoms with Gasteiger partial charge in [0.05, 0.1) is 51.9 Å². The first-order valence-corrected chi connectivity index (χ1v) is 23.6. The van der Waals surface area contributed by atoms with Crippen LogP contribution in [-0.2, 0) is 64.0 Å². The molecule has 27 N–H and O–H groups in total. The lowest BCUT2D eigenvalue weighted by atomic mass is 10.0. The third kappa shape index (κ3) is 26.6. The van der Waals surface area contributed by atoms with E-state index in [4.69, 9.17) is 33.8 Å². The van der Waals surface area contributed by atoms with Crippen LogP contribution in [-0.4, -0.2) is 224 Å². The molecule has 0 aromatic heterocycles. The quantitative estimate of drug-likeness (QED) is 0.0167. The number of carboxylic acid groups (broad SMARTS) is 3. The molecule has 0 spiro atoms. The molecule has 0 saturated heterocycles. The van der Waals surface area contributed by atoms with E-state index in [1.165, 1.54) is 24.3 Å². The minimum Gasteiger partial charge on any atom is -0.508 e. The topological polar surface area (TPSA) is 630 Å². The second-order valence-corrected chi connectivity index (χ2v) is 16.9. The zero-order valence-electron chi connectivity index (χ0n) is 42.2. The zero-order chi connectivity index (χ0) is 59.9. The zero-order valence-corrected chi connectivity index (χ0v) is 42.2. The van der Waals surface area contributed by atoms with E-state index >= 15 is 0 Å². The molecule has 0 bridgehead atoms. The molecule has 0 unspecified atom stereocenters. The number of hydrogen-bond acceptors (Lipinski definition) is 20. The number of aliphatic hydroxyl groups is 4. The summed E-state index contributed by atoms with van der Waals surface area (Å²) in [6, 6.07) is -10.8. The Morgan fingerprint density at radius 1 is 0.456 bits per heavy atom. The normalized spacial score (nSPS) is 14.1. The number of rotatable bonds is 37. The second-order valence-electron chi connectivity index (χ2n) is 16.9. The Labute approximate surface area is 448 Å². The Bertz CT molecular complexity index is 2350. The van der Waals surface area contributed by atoms with Gasteiger partial charge in [-0.2, -0.15) is 0 Å². The summed E-state index contributed by atoms with van der Waals surface area (Å²) < 4.78 is 0. The lowest BCUT2D eigenvalue weighted by Gasteiger charge is -2.26. The molecule has 1 rings (SSSR count). The number of carboxylic acids is 3. The van der Waals surface area contributed by atoms with Crippen LogP contribution in [0.4, 0.5) is 0 Å². The molecule has 1 aromatic rings. The molecule has 9 amide bonds. The Hall–Kier alpha value is -9.00. The highest BCUT2D eigenvalue weighted by Crippen LogP contribution is 2.13. The molecular formula is C43H68N16O20. The van der Waals surface area contributed by atoms with E-state index in [2.05, 4.69) is 31.3 Å². The molecule has 79 heavy (non-hydrogen) atoms. The molecule has 0 aliphatic heterocycles. The van der Waals surface area contributed by atoms with Gasteiger partial charge in [0.2, 0.25) is 53.2 Å². The number of aliphatic imine (C=N–C) groups is 2. The number of aromatic hydroxyl groups is 1. The van der Waals surface area contributed by atoms with Crippen LogP contribution in [0.1, 0.15) is 44.1 Å². The van der Waals surface area contributed by atoms with Crippen molar-refractivity contribution >= 4 is 83.0 Å². The molecule has 0 radical (unpaired) electrons. The lowest BCUT2D eigenvalue weighted by Crippen LogP contribution is -2.61. The fourth-order valence-electron chi connectivity index (χ4n) is 6.48. The number of guanidine groups is 2. The molecule has 9 atom stereocenters. The largest absolute Gasteiger partial charge is 0.508 e. The van der Waals surface area contributed by atoms with E-state index in [0.717, 1.165) is 0 Å². The first-order valence-electron chi connectivity index (χ1n) is 23.6. The van der Waals surface area contributed by atoms with Gasteiger partial charge in [-0.1, -0.05) is 12.1 Å². The van der Waals surface area contributed by atoms with Gasteiger partial charge in [0.15, 0.2) is 11.9 Å². The van der Waals surface area contributed by atoms with E-state index < -0.39 is 171 Å². The van der Waals surface area contributed by atoms with Crippen molar-refractivity contribution in [1.29, 1.82) is 0 Å². The molecule has 440 valence electrons. The summed E-state index contributed by atoms with van der Waals surface area (Å²) >= 11 is 0. The van der Waals surface area contributed by atoms with Gasteiger partial charge in [-0.3, -0.25) is 62.7 Å². The van der Waals surface area contributed by atoms with Crippen LogP contribution in [0, 0.1) is 0 Å². The number of nitrogens with two attached hydrogens (primary N) is 5. The van der Waals surface area contributed by atoms with Crippen LogP contribution in [0.2, 0.25) is 0 Å². The Kier molecular flexibility index (Phi) is 30.4. The number of hydrogen-bond donors (Lipinski definition) is 22. The summed E-state index contributed by atoms with van der Waals surface area (Å²) in [7, 11) is 0. The minimum atomic E-state index is -2.15. The van der Waals surface area contributed by atoms with Crippen molar-refractivity contribution in [3.05, 3.63) is 29.8 Å². The third-order valence-corrected chi connectivity index (χ3v) is 10.6. The number of carbonyl (C=O) groups is 12. The number of benzene rings is 1. The molecular weight excluding hydrogens is 1060 g/mol. The number of nitrogens with zero attached hydrogens (tertiary/aromatic N) is 2. The van der Waals surface area contributed by atoms with Crippen LogP contribution < -0.4 is 76.5 Å². The SMILES string of the molecule is NC(N)=NCCC[C@H](NC(=O)[C@@H](N)CCCN=C(N)N)C(=O)N[C@@H](Cc1ccc(O)cc1)C(=O)N[C@@H](CO)C(=O)NCC(=O)N[C@@H](CO)C(=O)N[C@@H](CC(=O)O)C(=O)N[C@@H](CO)C(=O)N[C@@H](CC(=O)O)C(=O)N[C@@H](CO)C(=O)O. The van der Waals surface area contributed by atoms with E-state index in [-0.39, 0.29) is 62.9 Å². The van der Waals surface area contributed by atoms with E-state index in [1.807, 2.05) is 21.3 Å². The van der Waals surface area contributed by atoms with Crippen molar-refractivity contribution in [2.45, 2.75) is 99.3 Å². The van der Waals surface area contributed by atoms with Gasteiger partial charge in [0.25, 0.3) is 0 Å². The molecule has 0 aliphatic rings. The van der Waals surface area contributed by atoms with E-state index in [1.54, 1.807) is 5.32 Å². The number of nitrogens with one attached hydrogen (secondary N) is 9. The van der Waals surface area contributed by atoms with Gasteiger partial charge in [0.1, 0.15) is 54.1 Å². The summed E-state index contributed by atoms with van der Waals surface area (Å²) in [5.41, 5.74) is 27.8. The number of phenols is 1. The second kappa shape index (κ2) is 35.4. The highest BCUT2D eigenvalue weighted by molar-refractivity contribution is 5.99. The maximum absolute atomic E-state index is 13.8. The van der Waals surface area contributed by atoms with Gasteiger partial charge < -0.3 is 117 Å². The summed E-state index contributed by atoms with van der Waals surface area (Å²) in [4.78, 5) is 161. The van der Waals surface area contributed by atoms with Gasteiger partial charge in [-0.25, -0.2) is 4.79 Å². The standard InChI is InChI=1S/C43H68N16O20/c44-21(3-1-9-49-42(45)46)33(70)53-22(4-2-10-50-43(47)48)35(72)54-23(11-19-5-7-20(64)8-6-19)36(73)57-26(15-60)34(71)51-14-30(65)52-27(16-61)39(76)55-24(12-31(66)67)37(74)58-28(17-62)40(77)56-25(13-32(68)69)38(75)59-29(18-63)41(78)79/h5-8,21-29,60-64H,1-4,9-18,44H2,(H,51,71)(H,52,65)(H,53,70)(H,54,72)(H,55,76)(H,56,77)(H,57,73)(H,58,74)(H,59,75)(H,66,67)(H,68,69)(H,78,79)(H4,45,46,49)(H4,47,48,50)/t21-,22-,23-,24-,25-,26-,27-,28-,29-/m0/s1. The summed E-state index contributed by atoms with van der Waals surface area (Å²) in [6.07, 6.45) is -2.31. The molecule has 0 aliphatic carbocycles. The molecule has 0 fully saturated rings. The van der Waals surface area contributed by atoms with Crippen LogP contribution >= 0.6 is 0 Å². The van der Waals surface area contributed by atoms with Gasteiger partial charge in [-0.15, -0.1) is 0 Å². The Morgan fingerprint density at radius 2 is 0.823 bits per heavy atom. The first-order chi connectivity index (χ1) is 37.1. The Morgan fingerprint density at radius 3 is 1.27 bits per heavy atom. The number of amides is 9. The molecule has 36 nitrogen and oxygen atoms in total.